The van der Waals surface area contributed by atoms with Crippen LogP contribution in [-0.2, 0) is 21.2 Å². The molecule has 0 saturated carbocycles. The van der Waals surface area contributed by atoms with E-state index in [1.165, 1.54) is 28.7 Å². The summed E-state index contributed by atoms with van der Waals surface area (Å²) in [4.78, 5) is 17.7. The summed E-state index contributed by atoms with van der Waals surface area (Å²) >= 11 is 6.07. The normalized spacial score (nSPS) is 18.7. The molecule has 1 aliphatic heterocycles. The molecule has 8 nitrogen and oxygen atoms in total. The second-order valence-electron chi connectivity index (χ2n) is 11.1. The molecular formula is C33H34ClF2N5O3S. The van der Waals surface area contributed by atoms with Gasteiger partial charge in [0, 0.05) is 41.7 Å². The molecule has 5 rings (SSSR count). The van der Waals surface area contributed by atoms with Crippen molar-refractivity contribution in [1.82, 2.24) is 14.6 Å². The number of nitrogens with two attached hydrogens (primary N) is 1. The summed E-state index contributed by atoms with van der Waals surface area (Å²) < 4.78 is 58.2. The predicted octanol–water partition coefficient (Wildman–Crippen LogP) is 5.09. The summed E-state index contributed by atoms with van der Waals surface area (Å²) in [5.41, 5.74) is 7.94. The minimum Gasteiger partial charge on any atom is -0.323 e. The Kier molecular flexibility index (Phi) is 10.3. The van der Waals surface area contributed by atoms with E-state index in [0.29, 0.717) is 29.2 Å². The number of hydrogen-bond donors (Lipinski definition) is 3. The van der Waals surface area contributed by atoms with Gasteiger partial charge < -0.3 is 16.4 Å². The number of anilines is 1. The summed E-state index contributed by atoms with van der Waals surface area (Å²) in [6.07, 6.45) is 2.77. The number of hydrogen-bond acceptors (Lipinski definition) is 6. The molecule has 0 spiro atoms. The van der Waals surface area contributed by atoms with E-state index in [9.17, 15) is 17.6 Å². The van der Waals surface area contributed by atoms with Crippen LogP contribution < -0.4 is 16.4 Å². The maximum Gasteiger partial charge on any atom is 0.243 e. The molecule has 1 aliphatic rings. The number of aromatic nitrogens is 1. The third-order valence-corrected chi connectivity index (χ3v) is 10.4. The molecule has 1 saturated heterocycles. The number of amides is 1. The second-order valence-corrected chi connectivity index (χ2v) is 13.4. The van der Waals surface area contributed by atoms with Gasteiger partial charge >= 0.3 is 0 Å². The van der Waals surface area contributed by atoms with Crippen LogP contribution in [0.1, 0.15) is 36.0 Å². The molecular weight excluding hydrogens is 620 g/mol. The average Bonchev–Trinajstić information content (AvgIpc) is 3.02. The second kappa shape index (κ2) is 14.1. The van der Waals surface area contributed by atoms with Crippen LogP contribution in [0.3, 0.4) is 0 Å². The third kappa shape index (κ3) is 7.40. The van der Waals surface area contributed by atoms with E-state index in [4.69, 9.17) is 17.3 Å². The average molecular weight is 654 g/mol. The monoisotopic (exact) mass is 653 g/mol. The van der Waals surface area contributed by atoms with Crippen molar-refractivity contribution in [3.05, 3.63) is 125 Å². The van der Waals surface area contributed by atoms with Crippen LogP contribution in [0.5, 0.6) is 0 Å². The van der Waals surface area contributed by atoms with Crippen LogP contribution in [0, 0.1) is 11.6 Å². The summed E-state index contributed by atoms with van der Waals surface area (Å²) in [6.45, 7) is 2.69. The van der Waals surface area contributed by atoms with Gasteiger partial charge in [0.25, 0.3) is 0 Å². The van der Waals surface area contributed by atoms with Crippen molar-refractivity contribution in [3.8, 4) is 0 Å². The molecule has 1 amide bonds. The van der Waals surface area contributed by atoms with E-state index in [0.717, 1.165) is 6.20 Å². The van der Waals surface area contributed by atoms with Crippen molar-refractivity contribution < 1.29 is 22.0 Å². The minimum absolute atomic E-state index is 0.115. The van der Waals surface area contributed by atoms with Gasteiger partial charge in [0.2, 0.25) is 15.9 Å². The van der Waals surface area contributed by atoms with Gasteiger partial charge in [-0.05, 0) is 67.3 Å². The lowest BCUT2D eigenvalue weighted by Crippen LogP contribution is -2.58. The Morgan fingerprint density at radius 3 is 2.49 bits per heavy atom. The first kappa shape index (κ1) is 32.6. The first-order chi connectivity index (χ1) is 21.6. The molecule has 3 aromatic carbocycles. The molecule has 45 heavy (non-hydrogen) atoms. The quantitative estimate of drug-likeness (QED) is 0.219. The van der Waals surface area contributed by atoms with Crippen molar-refractivity contribution in [2.75, 3.05) is 18.4 Å². The number of sulfonamides is 1. The molecule has 1 fully saturated rings. The fraction of sp³-hybridized carbons (Fsp3) is 0.273. The first-order valence-electron chi connectivity index (χ1n) is 14.6. The van der Waals surface area contributed by atoms with Crippen molar-refractivity contribution in [2.45, 2.75) is 48.7 Å². The Labute approximate surface area is 266 Å². The number of carbonyl (C=O) groups is 1. The van der Waals surface area contributed by atoms with Gasteiger partial charge in [-0.1, -0.05) is 54.1 Å². The van der Waals surface area contributed by atoms with Crippen LogP contribution in [0.25, 0.3) is 0 Å². The number of pyridine rings is 1. The van der Waals surface area contributed by atoms with Gasteiger partial charge in [0.05, 0.1) is 29.0 Å². The molecule has 0 bridgehead atoms. The van der Waals surface area contributed by atoms with E-state index >= 15 is 4.39 Å². The molecule has 0 radical (unpaired) electrons. The summed E-state index contributed by atoms with van der Waals surface area (Å²) in [5.74, 6) is -2.50. The molecule has 0 aliphatic carbocycles. The highest BCUT2D eigenvalue weighted by molar-refractivity contribution is 7.89. The van der Waals surface area contributed by atoms with Gasteiger partial charge in [-0.15, -0.1) is 0 Å². The fourth-order valence-corrected chi connectivity index (χ4v) is 7.85. The number of nitrogens with one attached hydrogen (secondary N) is 2. The Bertz CT molecular complexity index is 1750. The standard InChI is InChI=1S/C33H34ClF2N5O3S/c1-21-17-38-18-26(41(21)45(43,44)27-8-3-2-4-9-27)14-15-28-29(36)19-39-20-30(28)40-33(42)32(37)31(22-10-12-24(34)13-11-22)23-6-5-7-25(35)16-23/h2-13,16,19-21,26,31-32,38H,14-15,17-18,37H2,1H3,(H,40,42). The number of nitrogens with zero attached hydrogens (tertiary/aromatic N) is 2. The number of carbonyl (C=O) groups excluding carboxylic acids is 1. The highest BCUT2D eigenvalue weighted by atomic mass is 35.5. The molecule has 12 heteroatoms. The minimum atomic E-state index is -3.82. The lowest BCUT2D eigenvalue weighted by molar-refractivity contribution is -0.117. The highest BCUT2D eigenvalue weighted by Gasteiger charge is 2.38. The van der Waals surface area contributed by atoms with Gasteiger partial charge in [-0.3, -0.25) is 9.78 Å². The van der Waals surface area contributed by atoms with E-state index in [1.54, 1.807) is 60.7 Å². The zero-order chi connectivity index (χ0) is 32.1. The topological polar surface area (TPSA) is 117 Å². The molecule has 4 unspecified atom stereocenters. The van der Waals surface area contributed by atoms with Gasteiger partial charge in [-0.2, -0.15) is 4.31 Å². The van der Waals surface area contributed by atoms with Crippen LogP contribution in [0.15, 0.2) is 96.2 Å². The summed E-state index contributed by atoms with van der Waals surface area (Å²) in [5, 5.41) is 6.48. The molecule has 236 valence electrons. The SMILES string of the molecule is CC1CNCC(CCc2c(F)cncc2NC(=O)C(N)C(c2ccc(Cl)cc2)c2cccc(F)c2)N1S(=O)(=O)c1ccccc1. The van der Waals surface area contributed by atoms with Crippen molar-refractivity contribution in [3.63, 3.8) is 0 Å². The zero-order valence-electron chi connectivity index (χ0n) is 24.5. The van der Waals surface area contributed by atoms with E-state index < -0.39 is 45.6 Å². The lowest BCUT2D eigenvalue weighted by atomic mass is 9.85. The Hall–Kier alpha value is -3.74. The van der Waals surface area contributed by atoms with Crippen molar-refractivity contribution in [2.24, 2.45) is 5.73 Å². The number of rotatable bonds is 10. The van der Waals surface area contributed by atoms with Gasteiger partial charge in [0.15, 0.2) is 0 Å². The van der Waals surface area contributed by atoms with Crippen LogP contribution in [0.2, 0.25) is 5.02 Å². The van der Waals surface area contributed by atoms with E-state index in [2.05, 4.69) is 15.6 Å². The Balaban J connectivity index is 1.38. The maximum absolute atomic E-state index is 15.3. The Morgan fingerprint density at radius 1 is 1.04 bits per heavy atom. The van der Waals surface area contributed by atoms with Gasteiger partial charge in [0.1, 0.15) is 11.6 Å². The lowest BCUT2D eigenvalue weighted by Gasteiger charge is -2.40. The Morgan fingerprint density at radius 2 is 1.78 bits per heavy atom. The molecule has 2 heterocycles. The summed E-state index contributed by atoms with van der Waals surface area (Å²) in [7, 11) is -3.82. The highest BCUT2D eigenvalue weighted by Crippen LogP contribution is 2.31. The largest absolute Gasteiger partial charge is 0.323 e. The zero-order valence-corrected chi connectivity index (χ0v) is 26.1. The number of piperazine rings is 1. The van der Waals surface area contributed by atoms with Crippen molar-refractivity contribution in [1.29, 1.82) is 0 Å². The van der Waals surface area contributed by atoms with E-state index in [1.807, 2.05) is 6.92 Å². The van der Waals surface area contributed by atoms with E-state index in [-0.39, 0.29) is 35.0 Å². The smallest absolute Gasteiger partial charge is 0.243 e. The summed E-state index contributed by atoms with van der Waals surface area (Å²) in [6, 6.07) is 18.8. The molecule has 4 aromatic rings. The number of benzene rings is 3. The number of halogens is 3. The van der Waals surface area contributed by atoms with Crippen LogP contribution in [-0.4, -0.2) is 54.8 Å². The molecule has 4 atom stereocenters. The van der Waals surface area contributed by atoms with Crippen LogP contribution >= 0.6 is 11.6 Å². The van der Waals surface area contributed by atoms with Gasteiger partial charge in [-0.25, -0.2) is 17.2 Å². The first-order valence-corrected chi connectivity index (χ1v) is 16.4. The van der Waals surface area contributed by atoms with Crippen molar-refractivity contribution >= 4 is 33.2 Å². The molecule has 1 aromatic heterocycles. The predicted molar refractivity (Wildman–Crippen MR) is 170 cm³/mol. The maximum atomic E-state index is 15.3. The van der Waals surface area contributed by atoms with Crippen LogP contribution in [0.4, 0.5) is 14.5 Å². The third-order valence-electron chi connectivity index (χ3n) is 8.02. The fourth-order valence-electron chi connectivity index (χ4n) is 5.85. The molecule has 4 N–H and O–H groups in total.